The molecule has 1 heterocycles. The first-order valence-electron chi connectivity index (χ1n) is 7.84. The number of aliphatic imine (C=N–C) groups is 1. The van der Waals surface area contributed by atoms with Crippen LogP contribution in [0.2, 0.25) is 0 Å². The Morgan fingerprint density at radius 1 is 1.28 bits per heavy atom. The van der Waals surface area contributed by atoms with E-state index in [-0.39, 0.29) is 0 Å². The maximum Gasteiger partial charge on any atom is 0.191 e. The van der Waals surface area contributed by atoms with Crippen LogP contribution in [0.15, 0.2) is 44.0 Å². The van der Waals surface area contributed by atoms with Crippen molar-refractivity contribution in [2.45, 2.75) is 31.8 Å². The predicted molar refractivity (Wildman–Crippen MR) is 108 cm³/mol. The Morgan fingerprint density at radius 3 is 2.60 bits per heavy atom. The molecule has 0 spiro atoms. The number of nitrogens with one attached hydrogen (secondary N) is 2. The van der Waals surface area contributed by atoms with Gasteiger partial charge in [0.2, 0.25) is 0 Å². The van der Waals surface area contributed by atoms with Crippen molar-refractivity contribution < 1.29 is 8.42 Å². The van der Waals surface area contributed by atoms with Crippen LogP contribution >= 0.6 is 27.3 Å². The lowest BCUT2D eigenvalue weighted by Crippen LogP contribution is -2.36. The molecule has 25 heavy (non-hydrogen) atoms. The molecule has 0 atom stereocenters. The van der Waals surface area contributed by atoms with Crippen LogP contribution in [-0.4, -0.2) is 27.2 Å². The molecular formula is C17H22BrN3O2S2. The van der Waals surface area contributed by atoms with E-state index in [4.69, 9.17) is 0 Å². The standard InChI is InChI=1S/C17H22BrN3O2S2/c1-4-19-17(21-10-15-8-14(18)11-24-15)20-9-13-5-6-16(12(2)7-13)25(3,22)23/h5-8,11H,4,9-10H2,1-3H3,(H2,19,20,21). The molecule has 1 aromatic heterocycles. The summed E-state index contributed by atoms with van der Waals surface area (Å²) >= 11 is 5.13. The summed E-state index contributed by atoms with van der Waals surface area (Å²) in [5, 5.41) is 8.57. The Hall–Kier alpha value is -1.38. The molecule has 2 aromatic rings. The van der Waals surface area contributed by atoms with Gasteiger partial charge < -0.3 is 10.6 Å². The van der Waals surface area contributed by atoms with Crippen molar-refractivity contribution in [2.24, 2.45) is 4.99 Å². The van der Waals surface area contributed by atoms with Gasteiger partial charge in [-0.3, -0.25) is 0 Å². The summed E-state index contributed by atoms with van der Waals surface area (Å²) in [5.41, 5.74) is 1.72. The van der Waals surface area contributed by atoms with E-state index in [0.717, 1.165) is 28.1 Å². The lowest BCUT2D eigenvalue weighted by atomic mass is 10.1. The minimum absolute atomic E-state index is 0.369. The highest BCUT2D eigenvalue weighted by Crippen LogP contribution is 2.19. The summed E-state index contributed by atoms with van der Waals surface area (Å²) in [5.74, 6) is 0.733. The molecule has 0 bridgehead atoms. The van der Waals surface area contributed by atoms with E-state index in [1.807, 2.05) is 31.4 Å². The third-order valence-electron chi connectivity index (χ3n) is 3.45. The third-order valence-corrected chi connectivity index (χ3v) is 6.41. The Kier molecular flexibility index (Phi) is 7.04. The molecule has 2 rings (SSSR count). The fourth-order valence-corrected chi connectivity index (χ4v) is 4.71. The molecular weight excluding hydrogens is 422 g/mol. The number of aryl methyl sites for hydroxylation is 1. The van der Waals surface area contributed by atoms with Crippen LogP contribution in [0, 0.1) is 6.92 Å². The van der Waals surface area contributed by atoms with Crippen LogP contribution in [0.4, 0.5) is 0 Å². The average Bonchev–Trinajstić information content (AvgIpc) is 2.94. The number of hydrogen-bond acceptors (Lipinski definition) is 4. The summed E-state index contributed by atoms with van der Waals surface area (Å²) < 4.78 is 24.5. The molecule has 0 unspecified atom stereocenters. The van der Waals surface area contributed by atoms with Gasteiger partial charge in [-0.15, -0.1) is 11.3 Å². The number of sulfone groups is 1. The number of hydrogen-bond donors (Lipinski definition) is 2. The topological polar surface area (TPSA) is 70.6 Å². The van der Waals surface area contributed by atoms with Gasteiger partial charge in [-0.05, 0) is 53.0 Å². The van der Waals surface area contributed by atoms with Gasteiger partial charge in [0.25, 0.3) is 0 Å². The zero-order valence-corrected chi connectivity index (χ0v) is 17.7. The van der Waals surface area contributed by atoms with Gasteiger partial charge in [-0.25, -0.2) is 13.4 Å². The van der Waals surface area contributed by atoms with Crippen LogP contribution in [0.1, 0.15) is 22.9 Å². The van der Waals surface area contributed by atoms with Crippen LogP contribution in [0.5, 0.6) is 0 Å². The van der Waals surface area contributed by atoms with E-state index in [1.165, 1.54) is 11.1 Å². The molecule has 136 valence electrons. The van der Waals surface area contributed by atoms with Crippen LogP contribution in [0.3, 0.4) is 0 Å². The number of thiophene rings is 1. The maximum absolute atomic E-state index is 11.7. The number of guanidine groups is 1. The highest BCUT2D eigenvalue weighted by atomic mass is 79.9. The molecule has 0 aliphatic rings. The predicted octanol–water partition coefficient (Wildman–Crippen LogP) is 3.48. The fourth-order valence-electron chi connectivity index (χ4n) is 2.36. The summed E-state index contributed by atoms with van der Waals surface area (Å²) in [6, 6.07) is 7.42. The summed E-state index contributed by atoms with van der Waals surface area (Å²) in [4.78, 5) is 6.16. The number of halogens is 1. The molecule has 0 aliphatic heterocycles. The molecule has 0 fully saturated rings. The van der Waals surface area contributed by atoms with E-state index < -0.39 is 9.84 Å². The summed E-state index contributed by atoms with van der Waals surface area (Å²) in [6.07, 6.45) is 1.23. The summed E-state index contributed by atoms with van der Waals surface area (Å²) in [6.45, 7) is 5.78. The zero-order valence-electron chi connectivity index (χ0n) is 14.5. The van der Waals surface area contributed by atoms with Crippen molar-refractivity contribution in [1.29, 1.82) is 0 Å². The highest BCUT2D eigenvalue weighted by Gasteiger charge is 2.10. The first kappa shape index (κ1) is 19.9. The molecule has 0 radical (unpaired) electrons. The Morgan fingerprint density at radius 2 is 2.04 bits per heavy atom. The van der Waals surface area contributed by atoms with Crippen molar-refractivity contribution in [1.82, 2.24) is 10.6 Å². The van der Waals surface area contributed by atoms with E-state index in [2.05, 4.69) is 37.6 Å². The monoisotopic (exact) mass is 443 g/mol. The maximum atomic E-state index is 11.7. The van der Waals surface area contributed by atoms with E-state index in [0.29, 0.717) is 18.0 Å². The molecule has 1 aromatic carbocycles. The Labute approximate surface area is 161 Å². The SMILES string of the molecule is CCNC(=NCc1ccc(S(C)(=O)=O)c(C)c1)NCc1cc(Br)cs1. The fraction of sp³-hybridized carbons (Fsp3) is 0.353. The Balaban J connectivity index is 2.06. The molecule has 0 saturated carbocycles. The van der Waals surface area contributed by atoms with E-state index in [1.54, 1.807) is 17.4 Å². The van der Waals surface area contributed by atoms with Crippen molar-refractivity contribution in [3.05, 3.63) is 50.1 Å². The number of nitrogens with zero attached hydrogens (tertiary/aromatic N) is 1. The van der Waals surface area contributed by atoms with Gasteiger partial charge in [0, 0.05) is 27.5 Å². The van der Waals surface area contributed by atoms with Gasteiger partial charge in [0.15, 0.2) is 15.8 Å². The van der Waals surface area contributed by atoms with Crippen molar-refractivity contribution >= 4 is 43.1 Å². The average molecular weight is 444 g/mol. The minimum Gasteiger partial charge on any atom is -0.357 e. The van der Waals surface area contributed by atoms with E-state index in [9.17, 15) is 8.42 Å². The van der Waals surface area contributed by atoms with Crippen LogP contribution in [0.25, 0.3) is 0 Å². The second kappa shape index (κ2) is 8.82. The molecule has 2 N–H and O–H groups in total. The normalized spacial score (nSPS) is 12.2. The van der Waals surface area contributed by atoms with Crippen LogP contribution in [-0.2, 0) is 22.9 Å². The zero-order chi connectivity index (χ0) is 18.4. The molecule has 0 amide bonds. The second-order valence-electron chi connectivity index (χ2n) is 5.65. The quantitative estimate of drug-likeness (QED) is 0.529. The van der Waals surface area contributed by atoms with Gasteiger partial charge in [0.1, 0.15) is 0 Å². The first-order valence-corrected chi connectivity index (χ1v) is 11.4. The van der Waals surface area contributed by atoms with Crippen molar-refractivity contribution in [3.63, 3.8) is 0 Å². The minimum atomic E-state index is -3.19. The Bertz CT molecular complexity index is 861. The second-order valence-corrected chi connectivity index (χ2v) is 9.55. The lowest BCUT2D eigenvalue weighted by molar-refractivity contribution is 0.601. The number of rotatable bonds is 6. The van der Waals surface area contributed by atoms with Gasteiger partial charge in [-0.2, -0.15) is 0 Å². The highest BCUT2D eigenvalue weighted by molar-refractivity contribution is 9.10. The first-order chi connectivity index (χ1) is 11.8. The van der Waals surface area contributed by atoms with Gasteiger partial charge in [0.05, 0.1) is 18.0 Å². The largest absolute Gasteiger partial charge is 0.357 e. The molecule has 0 saturated heterocycles. The lowest BCUT2D eigenvalue weighted by Gasteiger charge is -2.11. The van der Waals surface area contributed by atoms with Crippen LogP contribution < -0.4 is 10.6 Å². The number of benzene rings is 1. The van der Waals surface area contributed by atoms with E-state index >= 15 is 0 Å². The smallest absolute Gasteiger partial charge is 0.191 e. The molecule has 0 aliphatic carbocycles. The van der Waals surface area contributed by atoms with Crippen molar-refractivity contribution in [2.75, 3.05) is 12.8 Å². The summed E-state index contributed by atoms with van der Waals surface area (Å²) in [7, 11) is -3.19. The third kappa shape index (κ3) is 6.13. The van der Waals surface area contributed by atoms with Crippen molar-refractivity contribution in [3.8, 4) is 0 Å². The van der Waals surface area contributed by atoms with Gasteiger partial charge in [-0.1, -0.05) is 12.1 Å². The molecule has 5 nitrogen and oxygen atoms in total. The van der Waals surface area contributed by atoms with Gasteiger partial charge >= 0.3 is 0 Å². The molecule has 8 heteroatoms.